The van der Waals surface area contributed by atoms with Gasteiger partial charge in [0, 0.05) is 11.8 Å². The minimum absolute atomic E-state index is 0.0970. The Kier molecular flexibility index (Phi) is 3.58. The number of carbonyl (C=O) groups excluding carboxylic acids is 1. The molecule has 5 heteroatoms. The van der Waals surface area contributed by atoms with E-state index in [1.165, 1.54) is 4.68 Å². The molecule has 0 N–H and O–H groups in total. The van der Waals surface area contributed by atoms with Gasteiger partial charge in [0.1, 0.15) is 5.75 Å². The van der Waals surface area contributed by atoms with Crippen LogP contribution in [-0.4, -0.2) is 22.8 Å². The molecule has 0 spiro atoms. The smallest absolute Gasteiger partial charge is 0.251 e. The summed E-state index contributed by atoms with van der Waals surface area (Å²) < 4.78 is 7.30. The van der Waals surface area contributed by atoms with Crippen LogP contribution in [0.4, 0.5) is 0 Å². The first-order valence-corrected chi connectivity index (χ1v) is 5.85. The van der Waals surface area contributed by atoms with E-state index in [9.17, 15) is 4.79 Å². The van der Waals surface area contributed by atoms with E-state index in [1.54, 1.807) is 19.5 Å². The molecule has 0 unspecified atom stereocenters. The zero-order valence-corrected chi connectivity index (χ0v) is 10.8. The Morgan fingerprint density at radius 1 is 1.47 bits per heavy atom. The third-order valence-corrected chi connectivity index (χ3v) is 2.75. The van der Waals surface area contributed by atoms with Crippen molar-refractivity contribution in [3.63, 3.8) is 0 Å². The van der Waals surface area contributed by atoms with E-state index in [0.717, 1.165) is 10.0 Å². The predicted molar refractivity (Wildman–Crippen MR) is 67.3 cm³/mol. The van der Waals surface area contributed by atoms with Crippen LogP contribution in [0.25, 0.3) is 0 Å². The zero-order chi connectivity index (χ0) is 12.3. The molecule has 1 aromatic carbocycles. The van der Waals surface area contributed by atoms with Crippen molar-refractivity contribution >= 4 is 21.8 Å². The first kappa shape index (κ1) is 11.9. The van der Waals surface area contributed by atoms with E-state index in [2.05, 4.69) is 21.0 Å². The molecule has 0 saturated heterocycles. The molecule has 0 saturated carbocycles. The van der Waals surface area contributed by atoms with E-state index >= 15 is 0 Å². The number of methoxy groups -OCH3 is 1. The SMILES string of the molecule is COc1ccccc1CC(=O)n1cc(Br)cn1. The highest BCUT2D eigenvalue weighted by Gasteiger charge is 2.10. The number of hydrogen-bond donors (Lipinski definition) is 0. The second kappa shape index (κ2) is 5.14. The summed E-state index contributed by atoms with van der Waals surface area (Å²) in [6.45, 7) is 0. The first-order chi connectivity index (χ1) is 8.20. The van der Waals surface area contributed by atoms with Crippen LogP contribution in [-0.2, 0) is 6.42 Å². The molecule has 1 aromatic heterocycles. The largest absolute Gasteiger partial charge is 0.496 e. The van der Waals surface area contributed by atoms with Crippen LogP contribution in [0.2, 0.25) is 0 Å². The average molecular weight is 295 g/mol. The van der Waals surface area contributed by atoms with Crippen LogP contribution in [0.1, 0.15) is 10.4 Å². The molecule has 2 aromatic rings. The normalized spacial score (nSPS) is 10.2. The lowest BCUT2D eigenvalue weighted by Gasteiger charge is -2.06. The van der Waals surface area contributed by atoms with Crippen molar-refractivity contribution in [2.24, 2.45) is 0 Å². The van der Waals surface area contributed by atoms with Gasteiger partial charge in [-0.15, -0.1) is 0 Å². The van der Waals surface area contributed by atoms with E-state index in [1.807, 2.05) is 24.3 Å². The molecule has 0 radical (unpaired) electrons. The Morgan fingerprint density at radius 2 is 2.24 bits per heavy atom. The Bertz CT molecular complexity index is 537. The van der Waals surface area contributed by atoms with Gasteiger partial charge in [-0.05, 0) is 22.0 Å². The molecule has 0 amide bonds. The van der Waals surface area contributed by atoms with E-state index < -0.39 is 0 Å². The summed E-state index contributed by atoms with van der Waals surface area (Å²) in [4.78, 5) is 11.9. The molecule has 0 bridgehead atoms. The summed E-state index contributed by atoms with van der Waals surface area (Å²) in [6, 6.07) is 7.46. The van der Waals surface area contributed by atoms with Crippen molar-refractivity contribution in [1.82, 2.24) is 9.78 Å². The fourth-order valence-electron chi connectivity index (χ4n) is 1.53. The molecule has 0 fully saturated rings. The minimum Gasteiger partial charge on any atom is -0.496 e. The fraction of sp³-hybridized carbons (Fsp3) is 0.167. The third-order valence-electron chi connectivity index (χ3n) is 2.34. The maximum Gasteiger partial charge on any atom is 0.251 e. The van der Waals surface area contributed by atoms with Gasteiger partial charge in [-0.1, -0.05) is 18.2 Å². The highest BCUT2D eigenvalue weighted by Crippen LogP contribution is 2.18. The lowest BCUT2D eigenvalue weighted by atomic mass is 10.1. The van der Waals surface area contributed by atoms with Crippen molar-refractivity contribution in [2.45, 2.75) is 6.42 Å². The number of halogens is 1. The Balaban J connectivity index is 2.18. The van der Waals surface area contributed by atoms with Crippen molar-refractivity contribution in [3.8, 4) is 5.75 Å². The van der Waals surface area contributed by atoms with Crippen molar-refractivity contribution < 1.29 is 9.53 Å². The molecule has 4 nitrogen and oxygen atoms in total. The lowest BCUT2D eigenvalue weighted by molar-refractivity contribution is 0.0897. The highest BCUT2D eigenvalue weighted by molar-refractivity contribution is 9.10. The third kappa shape index (κ3) is 2.74. The van der Waals surface area contributed by atoms with E-state index in [4.69, 9.17) is 4.74 Å². The molecule has 0 aliphatic carbocycles. The summed E-state index contributed by atoms with van der Waals surface area (Å²) in [5, 5.41) is 3.95. The molecular formula is C12H11BrN2O2. The van der Waals surface area contributed by atoms with Gasteiger partial charge in [0.25, 0.3) is 5.91 Å². The monoisotopic (exact) mass is 294 g/mol. The lowest BCUT2D eigenvalue weighted by Crippen LogP contribution is -2.14. The molecule has 2 rings (SSSR count). The van der Waals surface area contributed by atoms with Gasteiger partial charge in [0.05, 0.1) is 24.2 Å². The van der Waals surface area contributed by atoms with E-state index in [0.29, 0.717) is 5.75 Å². The Morgan fingerprint density at radius 3 is 2.88 bits per heavy atom. The molecule has 0 aliphatic heterocycles. The van der Waals surface area contributed by atoms with Crippen LogP contribution in [0.3, 0.4) is 0 Å². The number of hydrogen-bond acceptors (Lipinski definition) is 3. The number of rotatable bonds is 3. The van der Waals surface area contributed by atoms with Gasteiger partial charge in [-0.2, -0.15) is 5.10 Å². The zero-order valence-electron chi connectivity index (χ0n) is 9.26. The van der Waals surface area contributed by atoms with Crippen LogP contribution < -0.4 is 4.74 Å². The van der Waals surface area contributed by atoms with Gasteiger partial charge in [-0.3, -0.25) is 4.79 Å². The molecule has 0 aliphatic rings. The number of nitrogens with zero attached hydrogens (tertiary/aromatic N) is 2. The van der Waals surface area contributed by atoms with Gasteiger partial charge in [0.2, 0.25) is 0 Å². The van der Waals surface area contributed by atoms with Crippen molar-refractivity contribution in [3.05, 3.63) is 46.7 Å². The quantitative estimate of drug-likeness (QED) is 0.874. The van der Waals surface area contributed by atoms with Gasteiger partial charge >= 0.3 is 0 Å². The number of ether oxygens (including phenoxy) is 1. The van der Waals surface area contributed by atoms with Gasteiger partial charge in [0.15, 0.2) is 0 Å². The summed E-state index contributed by atoms with van der Waals surface area (Å²) in [5.41, 5.74) is 0.853. The molecule has 17 heavy (non-hydrogen) atoms. The molecule has 88 valence electrons. The summed E-state index contributed by atoms with van der Waals surface area (Å²) in [7, 11) is 1.59. The number of para-hydroxylation sites is 1. The fourth-order valence-corrected chi connectivity index (χ4v) is 1.82. The van der Waals surface area contributed by atoms with Crippen molar-refractivity contribution in [1.29, 1.82) is 0 Å². The first-order valence-electron chi connectivity index (χ1n) is 5.06. The second-order valence-corrected chi connectivity index (χ2v) is 4.40. The maximum absolute atomic E-state index is 11.9. The van der Waals surface area contributed by atoms with Crippen LogP contribution in [0.15, 0.2) is 41.1 Å². The van der Waals surface area contributed by atoms with E-state index in [-0.39, 0.29) is 12.3 Å². The molecule has 1 heterocycles. The Hall–Kier alpha value is -1.62. The van der Waals surface area contributed by atoms with Crippen LogP contribution in [0, 0.1) is 0 Å². The predicted octanol–water partition coefficient (Wildman–Crippen LogP) is 2.54. The average Bonchev–Trinajstić information content (AvgIpc) is 2.77. The topological polar surface area (TPSA) is 44.1 Å². The van der Waals surface area contributed by atoms with Crippen molar-refractivity contribution in [2.75, 3.05) is 7.11 Å². The Labute approximate surface area is 107 Å². The van der Waals surface area contributed by atoms with Gasteiger partial charge < -0.3 is 4.74 Å². The number of aromatic nitrogens is 2. The second-order valence-electron chi connectivity index (χ2n) is 3.49. The summed E-state index contributed by atoms with van der Waals surface area (Å²) >= 11 is 3.25. The minimum atomic E-state index is -0.0970. The summed E-state index contributed by atoms with van der Waals surface area (Å²) in [6.07, 6.45) is 3.48. The standard InChI is InChI=1S/C12H11BrN2O2/c1-17-11-5-3-2-4-9(11)6-12(16)15-8-10(13)7-14-15/h2-5,7-8H,6H2,1H3. The van der Waals surface area contributed by atoms with Crippen LogP contribution >= 0.6 is 15.9 Å². The number of benzene rings is 1. The maximum atomic E-state index is 11.9. The van der Waals surface area contributed by atoms with Crippen LogP contribution in [0.5, 0.6) is 5.75 Å². The summed E-state index contributed by atoms with van der Waals surface area (Å²) in [5.74, 6) is 0.618. The van der Waals surface area contributed by atoms with Gasteiger partial charge in [-0.25, -0.2) is 4.68 Å². The highest BCUT2D eigenvalue weighted by atomic mass is 79.9. The molecular weight excluding hydrogens is 284 g/mol. The molecule has 0 atom stereocenters. The number of carbonyl (C=O) groups is 1.